The molecular weight excluding hydrogens is 226 g/mol. The maximum absolute atomic E-state index is 11.7. The maximum atomic E-state index is 11.7. The van der Waals surface area contributed by atoms with E-state index >= 15 is 0 Å². The molecule has 0 aliphatic heterocycles. The number of nitrogens with one attached hydrogen (secondary N) is 1. The van der Waals surface area contributed by atoms with E-state index < -0.39 is 0 Å². The fourth-order valence-electron chi connectivity index (χ4n) is 1.20. The minimum Gasteiger partial charge on any atom is -0.349 e. The number of allylic oxidation sites excluding steroid dienone is 1. The van der Waals surface area contributed by atoms with Crippen molar-refractivity contribution in [1.29, 1.82) is 0 Å². The van der Waals surface area contributed by atoms with Crippen molar-refractivity contribution >= 4 is 23.8 Å². The Balaban J connectivity index is 2.65. The molecule has 1 N–H and O–H groups in total. The zero-order valence-corrected chi connectivity index (χ0v) is 9.41. The Morgan fingerprint density at radius 3 is 2.75 bits per heavy atom. The molecule has 84 valence electrons. The predicted molar refractivity (Wildman–Crippen MR) is 64.0 cm³/mol. The van der Waals surface area contributed by atoms with Gasteiger partial charge in [-0.3, -0.25) is 9.59 Å². The van der Waals surface area contributed by atoms with Crippen LogP contribution < -0.4 is 5.32 Å². The molecule has 0 spiro atoms. The Morgan fingerprint density at radius 2 is 2.06 bits per heavy atom. The predicted octanol–water partition coefficient (Wildman–Crippen LogP) is 2.02. The van der Waals surface area contributed by atoms with Crippen molar-refractivity contribution in [3.63, 3.8) is 0 Å². The van der Waals surface area contributed by atoms with E-state index in [1.807, 2.05) is 0 Å². The fourth-order valence-corrected chi connectivity index (χ4v) is 1.33. The lowest BCUT2D eigenvalue weighted by atomic mass is 10.1. The number of halogens is 1. The molecule has 16 heavy (non-hydrogen) atoms. The molecule has 0 fully saturated rings. The molecule has 0 radical (unpaired) electrons. The number of rotatable bonds is 5. The molecule has 0 unspecified atom stereocenters. The van der Waals surface area contributed by atoms with E-state index in [0.717, 1.165) is 0 Å². The van der Waals surface area contributed by atoms with Crippen LogP contribution in [0.1, 0.15) is 20.7 Å². The van der Waals surface area contributed by atoms with E-state index in [2.05, 4.69) is 5.32 Å². The molecule has 1 aromatic rings. The van der Waals surface area contributed by atoms with E-state index in [4.69, 9.17) is 11.6 Å². The van der Waals surface area contributed by atoms with Crippen LogP contribution >= 0.6 is 11.6 Å². The Morgan fingerprint density at radius 1 is 1.31 bits per heavy atom. The second-order valence-corrected chi connectivity index (χ2v) is 3.35. The number of hydrogen-bond donors (Lipinski definition) is 1. The lowest BCUT2D eigenvalue weighted by Crippen LogP contribution is -2.24. The molecule has 3 nitrogen and oxygen atoms in total. The van der Waals surface area contributed by atoms with E-state index in [9.17, 15) is 9.59 Å². The first-order valence-corrected chi connectivity index (χ1v) is 5.36. The van der Waals surface area contributed by atoms with Gasteiger partial charge in [-0.15, -0.1) is 11.6 Å². The van der Waals surface area contributed by atoms with Gasteiger partial charge >= 0.3 is 0 Å². The van der Waals surface area contributed by atoms with Gasteiger partial charge in [0.15, 0.2) is 6.29 Å². The van der Waals surface area contributed by atoms with Crippen molar-refractivity contribution in [1.82, 2.24) is 5.32 Å². The lowest BCUT2D eigenvalue weighted by Gasteiger charge is -2.04. The number of alkyl halides is 1. The third-order valence-corrected chi connectivity index (χ3v) is 2.15. The molecule has 0 aliphatic carbocycles. The van der Waals surface area contributed by atoms with E-state index in [1.54, 1.807) is 36.4 Å². The van der Waals surface area contributed by atoms with Crippen molar-refractivity contribution < 1.29 is 9.59 Å². The van der Waals surface area contributed by atoms with Crippen molar-refractivity contribution in [2.24, 2.45) is 0 Å². The Kier molecular flexibility index (Phi) is 5.29. The van der Waals surface area contributed by atoms with Crippen LogP contribution in [0.5, 0.6) is 0 Å². The van der Waals surface area contributed by atoms with Crippen molar-refractivity contribution in [3.05, 3.63) is 47.5 Å². The SMILES string of the molecule is O=Cc1ccccc1C(=O)NC/C=C\CCl. The third-order valence-electron chi connectivity index (χ3n) is 1.97. The highest BCUT2D eigenvalue weighted by molar-refractivity contribution is 6.18. The summed E-state index contributed by atoms with van der Waals surface area (Å²) in [4.78, 5) is 22.3. The van der Waals surface area contributed by atoms with Gasteiger partial charge in [0.25, 0.3) is 5.91 Å². The summed E-state index contributed by atoms with van der Waals surface area (Å²) >= 11 is 5.44. The quantitative estimate of drug-likeness (QED) is 0.484. The largest absolute Gasteiger partial charge is 0.349 e. The van der Waals surface area contributed by atoms with Gasteiger partial charge < -0.3 is 5.32 Å². The molecule has 1 amide bonds. The summed E-state index contributed by atoms with van der Waals surface area (Å²) in [5, 5.41) is 2.67. The molecule has 0 aliphatic rings. The van der Waals surface area contributed by atoms with Crippen LogP contribution in [0.15, 0.2) is 36.4 Å². The van der Waals surface area contributed by atoms with E-state index in [-0.39, 0.29) is 5.91 Å². The number of hydrogen-bond acceptors (Lipinski definition) is 2. The van der Waals surface area contributed by atoms with Crippen molar-refractivity contribution in [3.8, 4) is 0 Å². The minimum atomic E-state index is -0.262. The van der Waals surface area contributed by atoms with Crippen molar-refractivity contribution in [2.45, 2.75) is 0 Å². The number of benzene rings is 1. The summed E-state index contributed by atoms with van der Waals surface area (Å²) in [6.07, 6.45) is 4.17. The highest BCUT2D eigenvalue weighted by Crippen LogP contribution is 2.05. The Labute approximate surface area is 99.1 Å². The van der Waals surface area contributed by atoms with Gasteiger partial charge in [0, 0.05) is 23.6 Å². The smallest absolute Gasteiger partial charge is 0.252 e. The van der Waals surface area contributed by atoms with Gasteiger partial charge in [0.2, 0.25) is 0 Å². The van der Waals surface area contributed by atoms with Crippen LogP contribution in [0.2, 0.25) is 0 Å². The molecule has 0 atom stereocenters. The molecule has 1 rings (SSSR count). The number of aldehydes is 1. The highest BCUT2D eigenvalue weighted by atomic mass is 35.5. The first-order valence-electron chi connectivity index (χ1n) is 4.83. The van der Waals surface area contributed by atoms with Gasteiger partial charge in [-0.2, -0.15) is 0 Å². The van der Waals surface area contributed by atoms with Gasteiger partial charge in [-0.25, -0.2) is 0 Å². The molecule has 1 aromatic carbocycles. The molecule has 0 aromatic heterocycles. The topological polar surface area (TPSA) is 46.2 Å². The second kappa shape index (κ2) is 6.80. The summed E-state index contributed by atoms with van der Waals surface area (Å²) in [6, 6.07) is 6.66. The second-order valence-electron chi connectivity index (χ2n) is 3.04. The van der Waals surface area contributed by atoms with Gasteiger partial charge in [-0.05, 0) is 6.07 Å². The average molecular weight is 238 g/mol. The summed E-state index contributed by atoms with van der Waals surface area (Å²) in [7, 11) is 0. The van der Waals surface area contributed by atoms with Crippen LogP contribution in [-0.4, -0.2) is 24.6 Å². The van der Waals surface area contributed by atoms with Crippen LogP contribution in [0.25, 0.3) is 0 Å². The standard InChI is InChI=1S/C12H12ClNO2/c13-7-3-4-8-14-12(16)11-6-2-1-5-10(11)9-15/h1-6,9H,7-8H2,(H,14,16)/b4-3-. The molecule has 0 saturated heterocycles. The van der Waals surface area contributed by atoms with E-state index in [1.165, 1.54) is 0 Å². The highest BCUT2D eigenvalue weighted by Gasteiger charge is 2.08. The molecule has 4 heteroatoms. The third kappa shape index (κ3) is 3.51. The fraction of sp³-hybridized carbons (Fsp3) is 0.167. The minimum absolute atomic E-state index is 0.262. The number of carbonyl (C=O) groups is 2. The first-order chi connectivity index (χ1) is 7.79. The number of amides is 1. The first kappa shape index (κ1) is 12.5. The van der Waals surface area contributed by atoms with Crippen molar-refractivity contribution in [2.75, 3.05) is 12.4 Å². The Hall–Kier alpha value is -1.61. The van der Waals surface area contributed by atoms with Crippen LogP contribution in [0.4, 0.5) is 0 Å². The summed E-state index contributed by atoms with van der Waals surface area (Å²) in [5.41, 5.74) is 0.776. The Bertz CT molecular complexity index is 402. The lowest BCUT2D eigenvalue weighted by molar-refractivity contribution is 0.0952. The molecular formula is C12H12ClNO2. The molecule has 0 bridgehead atoms. The molecule has 0 saturated carbocycles. The molecule has 0 heterocycles. The monoisotopic (exact) mass is 237 g/mol. The van der Waals surface area contributed by atoms with Crippen LogP contribution in [0.3, 0.4) is 0 Å². The van der Waals surface area contributed by atoms with E-state index in [0.29, 0.717) is 29.8 Å². The normalized spacial score (nSPS) is 10.3. The van der Waals surface area contributed by atoms with Crippen LogP contribution in [0, 0.1) is 0 Å². The zero-order chi connectivity index (χ0) is 11.8. The van der Waals surface area contributed by atoms with Gasteiger partial charge in [0.1, 0.15) is 0 Å². The summed E-state index contributed by atoms with van der Waals surface area (Å²) < 4.78 is 0. The average Bonchev–Trinajstić information content (AvgIpc) is 2.34. The zero-order valence-electron chi connectivity index (χ0n) is 8.65. The summed E-state index contributed by atoms with van der Waals surface area (Å²) in [6.45, 7) is 0.402. The number of carbonyl (C=O) groups excluding carboxylic acids is 2. The van der Waals surface area contributed by atoms with Gasteiger partial charge in [-0.1, -0.05) is 30.4 Å². The maximum Gasteiger partial charge on any atom is 0.252 e. The van der Waals surface area contributed by atoms with Gasteiger partial charge in [0.05, 0.1) is 0 Å². The summed E-state index contributed by atoms with van der Waals surface area (Å²) in [5.74, 6) is 0.155. The van der Waals surface area contributed by atoms with Crippen LogP contribution in [-0.2, 0) is 0 Å².